The standard InChI is InChI=1S/C21H21F2N3O/c1-13-3-2-8-26(12-13)20-7-5-15(10-18(20)23)24-11-17-16-6-4-14(22)9-19(16)25-21(17)27/h4-7,9-11,13,24H,2-3,8,12H2,1H3,(H,25,27). The van der Waals surface area contributed by atoms with E-state index < -0.39 is 5.82 Å². The largest absolute Gasteiger partial charge is 0.369 e. The normalized spacial score (nSPS) is 20.6. The molecule has 0 spiro atoms. The average Bonchev–Trinajstić information content (AvgIpc) is 2.94. The second-order valence-electron chi connectivity index (χ2n) is 7.21. The number of hydrogen-bond acceptors (Lipinski definition) is 3. The maximum Gasteiger partial charge on any atom is 0.257 e. The van der Waals surface area contributed by atoms with Crippen LogP contribution < -0.4 is 15.5 Å². The summed E-state index contributed by atoms with van der Waals surface area (Å²) in [4.78, 5) is 14.2. The fourth-order valence-electron chi connectivity index (χ4n) is 3.73. The van der Waals surface area contributed by atoms with E-state index in [2.05, 4.69) is 22.5 Å². The Kier molecular flexibility index (Phi) is 4.56. The maximum absolute atomic E-state index is 14.6. The van der Waals surface area contributed by atoms with Crippen molar-refractivity contribution < 1.29 is 13.6 Å². The highest BCUT2D eigenvalue weighted by Gasteiger charge is 2.24. The second-order valence-corrected chi connectivity index (χ2v) is 7.21. The van der Waals surface area contributed by atoms with E-state index in [4.69, 9.17) is 0 Å². The van der Waals surface area contributed by atoms with Crippen LogP contribution in [0.15, 0.2) is 42.6 Å². The molecule has 1 fully saturated rings. The summed E-state index contributed by atoms with van der Waals surface area (Å²) in [5.74, 6) is -0.451. The second kappa shape index (κ2) is 7.02. The van der Waals surface area contributed by atoms with Gasteiger partial charge in [0.2, 0.25) is 0 Å². The topological polar surface area (TPSA) is 44.4 Å². The summed E-state index contributed by atoms with van der Waals surface area (Å²) in [5, 5.41) is 5.60. The van der Waals surface area contributed by atoms with Gasteiger partial charge < -0.3 is 15.5 Å². The van der Waals surface area contributed by atoms with Gasteiger partial charge in [-0.25, -0.2) is 8.78 Å². The van der Waals surface area contributed by atoms with Gasteiger partial charge in [-0.15, -0.1) is 0 Å². The van der Waals surface area contributed by atoms with Gasteiger partial charge in [-0.05, 0) is 55.2 Å². The van der Waals surface area contributed by atoms with Gasteiger partial charge >= 0.3 is 0 Å². The fourth-order valence-corrected chi connectivity index (χ4v) is 3.73. The molecule has 6 heteroatoms. The molecule has 2 aliphatic rings. The first-order valence-electron chi connectivity index (χ1n) is 9.14. The highest BCUT2D eigenvalue weighted by molar-refractivity contribution is 6.31. The minimum atomic E-state index is -0.409. The first kappa shape index (κ1) is 17.5. The Balaban J connectivity index is 1.53. The number of halogens is 2. The van der Waals surface area contributed by atoms with E-state index in [1.54, 1.807) is 18.2 Å². The zero-order valence-electron chi connectivity index (χ0n) is 15.1. The number of anilines is 3. The van der Waals surface area contributed by atoms with Crippen LogP contribution in [0.3, 0.4) is 0 Å². The lowest BCUT2D eigenvalue weighted by Crippen LogP contribution is -2.34. The van der Waals surface area contributed by atoms with Gasteiger partial charge in [-0.1, -0.05) is 6.92 Å². The third-order valence-electron chi connectivity index (χ3n) is 5.09. The van der Waals surface area contributed by atoms with Crippen LogP contribution in [-0.4, -0.2) is 19.0 Å². The van der Waals surface area contributed by atoms with Crippen molar-refractivity contribution in [2.24, 2.45) is 5.92 Å². The molecular formula is C21H21F2N3O. The molecule has 0 bridgehead atoms. The van der Waals surface area contributed by atoms with Crippen LogP contribution in [0.1, 0.15) is 25.3 Å². The zero-order valence-corrected chi connectivity index (χ0v) is 15.1. The number of carbonyl (C=O) groups excluding carboxylic acids is 1. The van der Waals surface area contributed by atoms with Crippen molar-refractivity contribution in [1.29, 1.82) is 0 Å². The number of benzene rings is 2. The molecule has 2 aromatic carbocycles. The lowest BCUT2D eigenvalue weighted by Gasteiger charge is -2.33. The third kappa shape index (κ3) is 3.52. The molecule has 4 nitrogen and oxygen atoms in total. The van der Waals surface area contributed by atoms with Crippen LogP contribution in [0.4, 0.5) is 25.8 Å². The number of nitrogens with zero attached hydrogens (tertiary/aromatic N) is 1. The molecule has 1 saturated heterocycles. The van der Waals surface area contributed by atoms with E-state index in [-0.39, 0.29) is 11.7 Å². The molecule has 1 amide bonds. The van der Waals surface area contributed by atoms with Crippen LogP contribution in [0.5, 0.6) is 0 Å². The van der Waals surface area contributed by atoms with Gasteiger partial charge in [0, 0.05) is 30.5 Å². The molecule has 1 atom stereocenters. The monoisotopic (exact) mass is 369 g/mol. The molecule has 0 aliphatic carbocycles. The highest BCUT2D eigenvalue weighted by atomic mass is 19.1. The lowest BCUT2D eigenvalue weighted by molar-refractivity contribution is -0.110. The Hall–Kier alpha value is -2.89. The SMILES string of the molecule is CC1CCCN(c2ccc(NC=C3C(=O)Nc4cc(F)ccc43)cc2F)C1. The predicted molar refractivity (Wildman–Crippen MR) is 104 cm³/mol. The third-order valence-corrected chi connectivity index (χ3v) is 5.09. The summed E-state index contributed by atoms with van der Waals surface area (Å²) >= 11 is 0. The minimum Gasteiger partial charge on any atom is -0.369 e. The quantitative estimate of drug-likeness (QED) is 0.777. The van der Waals surface area contributed by atoms with Crippen molar-refractivity contribution >= 4 is 28.5 Å². The van der Waals surface area contributed by atoms with Gasteiger partial charge in [0.1, 0.15) is 11.6 Å². The number of carbonyl (C=O) groups is 1. The summed E-state index contributed by atoms with van der Waals surface area (Å²) in [6.07, 6.45) is 3.77. The van der Waals surface area contributed by atoms with Crippen LogP contribution in [0, 0.1) is 17.6 Å². The van der Waals surface area contributed by atoms with Gasteiger partial charge in [0.25, 0.3) is 5.91 Å². The Bertz CT molecular complexity index is 926. The van der Waals surface area contributed by atoms with E-state index in [0.717, 1.165) is 19.5 Å². The molecule has 0 radical (unpaired) electrons. The van der Waals surface area contributed by atoms with E-state index >= 15 is 0 Å². The van der Waals surface area contributed by atoms with Crippen molar-refractivity contribution in [1.82, 2.24) is 0 Å². The van der Waals surface area contributed by atoms with Crippen molar-refractivity contribution in [3.63, 3.8) is 0 Å². The van der Waals surface area contributed by atoms with E-state index in [1.165, 1.54) is 30.8 Å². The molecule has 1 unspecified atom stereocenters. The molecule has 4 rings (SSSR count). The Labute approximate surface area is 156 Å². The fraction of sp³-hybridized carbons (Fsp3) is 0.286. The van der Waals surface area contributed by atoms with Crippen molar-refractivity contribution in [3.8, 4) is 0 Å². The molecule has 140 valence electrons. The van der Waals surface area contributed by atoms with Crippen LogP contribution >= 0.6 is 0 Å². The first-order chi connectivity index (χ1) is 13.0. The molecule has 2 aromatic rings. The number of rotatable bonds is 3. The summed E-state index contributed by atoms with van der Waals surface area (Å²) < 4.78 is 27.9. The lowest BCUT2D eigenvalue weighted by atomic mass is 9.99. The van der Waals surface area contributed by atoms with Crippen LogP contribution in [0.2, 0.25) is 0 Å². The zero-order chi connectivity index (χ0) is 19.0. The summed E-state index contributed by atoms with van der Waals surface area (Å²) in [7, 11) is 0. The number of piperidine rings is 1. The maximum atomic E-state index is 14.6. The van der Waals surface area contributed by atoms with Crippen molar-refractivity contribution in [2.45, 2.75) is 19.8 Å². The predicted octanol–water partition coefficient (Wildman–Crippen LogP) is 4.61. The molecule has 0 saturated carbocycles. The number of amides is 1. The van der Waals surface area contributed by atoms with E-state index in [9.17, 15) is 13.6 Å². The first-order valence-corrected chi connectivity index (χ1v) is 9.14. The Morgan fingerprint density at radius 3 is 2.85 bits per heavy atom. The smallest absolute Gasteiger partial charge is 0.257 e. The number of nitrogens with one attached hydrogen (secondary N) is 2. The molecule has 27 heavy (non-hydrogen) atoms. The van der Waals surface area contributed by atoms with Crippen LogP contribution in [-0.2, 0) is 4.79 Å². The molecular weight excluding hydrogens is 348 g/mol. The Morgan fingerprint density at radius 2 is 2.07 bits per heavy atom. The van der Waals surface area contributed by atoms with Crippen molar-refractivity contribution in [3.05, 3.63) is 59.8 Å². The van der Waals surface area contributed by atoms with Gasteiger partial charge in [-0.3, -0.25) is 4.79 Å². The summed E-state index contributed by atoms with van der Waals surface area (Å²) in [6.45, 7) is 3.91. The van der Waals surface area contributed by atoms with Gasteiger partial charge in [-0.2, -0.15) is 0 Å². The number of hydrogen-bond donors (Lipinski definition) is 2. The molecule has 0 aromatic heterocycles. The summed E-state index contributed by atoms with van der Waals surface area (Å²) in [6, 6.07) is 9.14. The van der Waals surface area contributed by atoms with Crippen molar-refractivity contribution in [2.75, 3.05) is 28.6 Å². The highest BCUT2D eigenvalue weighted by Crippen LogP contribution is 2.32. The van der Waals surface area contributed by atoms with E-state index in [0.29, 0.717) is 34.1 Å². The minimum absolute atomic E-state index is 0.286. The molecule has 2 aliphatic heterocycles. The average molecular weight is 369 g/mol. The van der Waals surface area contributed by atoms with E-state index in [1.807, 2.05) is 0 Å². The summed E-state index contributed by atoms with van der Waals surface area (Å²) in [5.41, 5.74) is 2.61. The van der Waals surface area contributed by atoms with Crippen LogP contribution in [0.25, 0.3) is 5.57 Å². The van der Waals surface area contributed by atoms with Gasteiger partial charge in [0.05, 0.1) is 16.9 Å². The Morgan fingerprint density at radius 1 is 1.22 bits per heavy atom. The molecule has 2 heterocycles. The molecule has 2 N–H and O–H groups in total. The van der Waals surface area contributed by atoms with Gasteiger partial charge in [0.15, 0.2) is 0 Å². The number of fused-ring (bicyclic) bond motifs is 1.